The van der Waals surface area contributed by atoms with Crippen molar-refractivity contribution >= 4 is 5.97 Å². The summed E-state index contributed by atoms with van der Waals surface area (Å²) in [6.45, 7) is 6.59. The van der Waals surface area contributed by atoms with Crippen molar-refractivity contribution in [3.8, 4) is 11.6 Å². The number of nitrogens with zero attached hydrogens (tertiary/aromatic N) is 1. The zero-order valence-corrected chi connectivity index (χ0v) is 18.2. The second kappa shape index (κ2) is 11.4. The first kappa shape index (κ1) is 22.7. The van der Waals surface area contributed by atoms with Crippen LogP contribution in [0.3, 0.4) is 0 Å². The average Bonchev–Trinajstić information content (AvgIpc) is 2.73. The molecule has 0 aliphatic heterocycles. The minimum atomic E-state index is -0.186. The molecule has 0 radical (unpaired) electrons. The largest absolute Gasteiger partial charge is 0.493 e. The molecule has 0 spiro atoms. The van der Waals surface area contributed by atoms with Crippen LogP contribution in [-0.2, 0) is 16.0 Å². The number of carbonyl (C=O) groups excluding carboxylic acids is 1. The summed E-state index contributed by atoms with van der Waals surface area (Å²) in [4.78, 5) is 15.7. The highest BCUT2D eigenvalue weighted by Gasteiger charge is 2.31. The van der Waals surface area contributed by atoms with E-state index in [1.54, 1.807) is 13.3 Å². The van der Waals surface area contributed by atoms with Gasteiger partial charge in [-0.05, 0) is 60.4 Å². The van der Waals surface area contributed by atoms with Gasteiger partial charge in [-0.1, -0.05) is 32.9 Å². The molecule has 0 unspecified atom stereocenters. The van der Waals surface area contributed by atoms with Gasteiger partial charge in [-0.3, -0.25) is 4.79 Å². The van der Waals surface area contributed by atoms with E-state index in [2.05, 4.69) is 11.1 Å². The first-order valence-corrected chi connectivity index (χ1v) is 10.4. The predicted octanol–water partition coefficient (Wildman–Crippen LogP) is 5.04. The van der Waals surface area contributed by atoms with E-state index in [0.717, 1.165) is 24.2 Å². The Morgan fingerprint density at radius 3 is 2.62 bits per heavy atom. The average molecular weight is 400 g/mol. The van der Waals surface area contributed by atoms with E-state index >= 15 is 0 Å². The lowest BCUT2D eigenvalue weighted by Crippen LogP contribution is -2.27. The van der Waals surface area contributed by atoms with Gasteiger partial charge in [0.2, 0.25) is 5.88 Å². The monoisotopic (exact) mass is 399 g/mol. The van der Waals surface area contributed by atoms with E-state index < -0.39 is 0 Å². The molecule has 0 bridgehead atoms. The summed E-state index contributed by atoms with van der Waals surface area (Å²) in [6.07, 6.45) is 4.69. The standard InChI is InChI=1S/C22H27NO4.C2H6/c1-15(22(24)26-3)9-16-5-4-6-20(12-16)27-14-17-10-19(11-17)18-7-8-23-21(13-18)25-2;1-2/h4-8,12-13,15,17,19H,9-11,14H2,1-3H3;1-2H3/t15-,17?,19?;/m0./s1. The molecule has 1 heterocycles. The maximum Gasteiger partial charge on any atom is 0.308 e. The van der Waals surface area contributed by atoms with Crippen molar-refractivity contribution in [2.24, 2.45) is 11.8 Å². The Bertz CT molecular complexity index is 771. The van der Waals surface area contributed by atoms with E-state index in [4.69, 9.17) is 14.2 Å². The molecule has 0 amide bonds. The van der Waals surface area contributed by atoms with Crippen LogP contribution in [0.1, 0.15) is 50.7 Å². The van der Waals surface area contributed by atoms with E-state index in [-0.39, 0.29) is 11.9 Å². The summed E-state index contributed by atoms with van der Waals surface area (Å²) in [5, 5.41) is 0. The molecule has 1 aromatic heterocycles. The molecule has 29 heavy (non-hydrogen) atoms. The Morgan fingerprint density at radius 1 is 1.17 bits per heavy atom. The number of carbonyl (C=O) groups is 1. The fourth-order valence-corrected chi connectivity index (χ4v) is 3.55. The van der Waals surface area contributed by atoms with Crippen molar-refractivity contribution in [2.45, 2.75) is 46.0 Å². The van der Waals surface area contributed by atoms with Crippen LogP contribution >= 0.6 is 0 Å². The molecule has 5 heteroatoms. The lowest BCUT2D eigenvalue weighted by Gasteiger charge is -2.35. The molecular formula is C24H33NO4. The van der Waals surface area contributed by atoms with Crippen LogP contribution < -0.4 is 9.47 Å². The van der Waals surface area contributed by atoms with Crippen molar-refractivity contribution in [3.63, 3.8) is 0 Å². The van der Waals surface area contributed by atoms with E-state index in [1.165, 1.54) is 12.7 Å². The molecule has 2 aromatic rings. The maximum absolute atomic E-state index is 11.6. The Balaban J connectivity index is 0.00000145. The lowest BCUT2D eigenvalue weighted by molar-refractivity contribution is -0.144. The molecule has 1 aliphatic rings. The SMILES string of the molecule is CC.COC(=O)[C@@H](C)Cc1cccc(OCC2CC(c3ccnc(OC)c3)C2)c1. The smallest absolute Gasteiger partial charge is 0.308 e. The summed E-state index contributed by atoms with van der Waals surface area (Å²) in [6, 6.07) is 12.1. The number of benzene rings is 1. The van der Waals surface area contributed by atoms with Gasteiger partial charge in [-0.2, -0.15) is 0 Å². The van der Waals surface area contributed by atoms with Gasteiger partial charge in [0.1, 0.15) is 5.75 Å². The summed E-state index contributed by atoms with van der Waals surface area (Å²) in [7, 11) is 3.07. The number of esters is 1. The number of rotatable bonds is 8. The van der Waals surface area contributed by atoms with Gasteiger partial charge < -0.3 is 14.2 Å². The van der Waals surface area contributed by atoms with Crippen LogP contribution in [0.4, 0.5) is 0 Å². The van der Waals surface area contributed by atoms with Gasteiger partial charge in [0, 0.05) is 12.3 Å². The van der Waals surface area contributed by atoms with Crippen LogP contribution in [0.25, 0.3) is 0 Å². The second-order valence-corrected chi connectivity index (χ2v) is 7.25. The first-order chi connectivity index (χ1) is 14.1. The zero-order valence-electron chi connectivity index (χ0n) is 18.2. The third kappa shape index (κ3) is 6.48. The minimum Gasteiger partial charge on any atom is -0.493 e. The molecule has 1 atom stereocenters. The van der Waals surface area contributed by atoms with E-state index in [1.807, 2.05) is 51.1 Å². The van der Waals surface area contributed by atoms with Crippen molar-refractivity contribution in [2.75, 3.05) is 20.8 Å². The van der Waals surface area contributed by atoms with Crippen LogP contribution in [0.15, 0.2) is 42.6 Å². The predicted molar refractivity (Wildman–Crippen MR) is 114 cm³/mol. The van der Waals surface area contributed by atoms with Crippen LogP contribution in [0, 0.1) is 11.8 Å². The molecule has 0 N–H and O–H groups in total. The van der Waals surface area contributed by atoms with Gasteiger partial charge in [-0.25, -0.2) is 4.98 Å². The highest BCUT2D eigenvalue weighted by atomic mass is 16.5. The zero-order chi connectivity index (χ0) is 21.2. The highest BCUT2D eigenvalue weighted by molar-refractivity contribution is 5.72. The summed E-state index contributed by atoms with van der Waals surface area (Å²) < 4.78 is 16.0. The van der Waals surface area contributed by atoms with Gasteiger partial charge in [0.25, 0.3) is 0 Å². The molecular weight excluding hydrogens is 366 g/mol. The number of ether oxygens (including phenoxy) is 3. The quantitative estimate of drug-likeness (QED) is 0.582. The number of pyridine rings is 1. The summed E-state index contributed by atoms with van der Waals surface area (Å²) in [5.41, 5.74) is 2.37. The van der Waals surface area contributed by atoms with Crippen LogP contribution in [-0.4, -0.2) is 31.8 Å². The number of hydrogen-bond acceptors (Lipinski definition) is 5. The molecule has 3 rings (SSSR count). The molecule has 0 saturated heterocycles. The van der Waals surface area contributed by atoms with Crippen molar-refractivity contribution in [1.82, 2.24) is 4.98 Å². The topological polar surface area (TPSA) is 57.7 Å². The fraction of sp³-hybridized carbons (Fsp3) is 0.500. The number of hydrogen-bond donors (Lipinski definition) is 0. The Hall–Kier alpha value is -2.56. The third-order valence-electron chi connectivity index (χ3n) is 5.20. The Kier molecular flexibility index (Phi) is 8.97. The second-order valence-electron chi connectivity index (χ2n) is 7.25. The van der Waals surface area contributed by atoms with Gasteiger partial charge >= 0.3 is 5.97 Å². The minimum absolute atomic E-state index is 0.157. The number of methoxy groups -OCH3 is 2. The first-order valence-electron chi connectivity index (χ1n) is 10.4. The van der Waals surface area contributed by atoms with Crippen molar-refractivity contribution in [3.05, 3.63) is 53.7 Å². The summed E-state index contributed by atoms with van der Waals surface area (Å²) in [5.74, 6) is 2.31. The van der Waals surface area contributed by atoms with Gasteiger partial charge in [-0.15, -0.1) is 0 Å². The van der Waals surface area contributed by atoms with Gasteiger partial charge in [0.15, 0.2) is 0 Å². The molecule has 5 nitrogen and oxygen atoms in total. The van der Waals surface area contributed by atoms with E-state index in [9.17, 15) is 4.79 Å². The normalized spacial score (nSPS) is 18.5. The van der Waals surface area contributed by atoms with Crippen LogP contribution in [0.2, 0.25) is 0 Å². The molecule has 158 valence electrons. The molecule has 1 fully saturated rings. The Morgan fingerprint density at radius 2 is 1.93 bits per heavy atom. The highest BCUT2D eigenvalue weighted by Crippen LogP contribution is 2.42. The number of aromatic nitrogens is 1. The molecule has 1 aromatic carbocycles. The van der Waals surface area contributed by atoms with Crippen molar-refractivity contribution < 1.29 is 19.0 Å². The summed E-state index contributed by atoms with van der Waals surface area (Å²) >= 11 is 0. The molecule has 1 saturated carbocycles. The lowest BCUT2D eigenvalue weighted by atomic mass is 9.72. The van der Waals surface area contributed by atoms with Gasteiger partial charge in [0.05, 0.1) is 26.7 Å². The Labute approximate surface area is 174 Å². The van der Waals surface area contributed by atoms with Crippen molar-refractivity contribution in [1.29, 1.82) is 0 Å². The fourth-order valence-electron chi connectivity index (χ4n) is 3.55. The third-order valence-corrected chi connectivity index (χ3v) is 5.20. The van der Waals surface area contributed by atoms with Crippen LogP contribution in [0.5, 0.6) is 11.6 Å². The molecule has 1 aliphatic carbocycles. The maximum atomic E-state index is 11.6. The van der Waals surface area contributed by atoms with E-state index in [0.29, 0.717) is 30.7 Å².